The quantitative estimate of drug-likeness (QED) is 0.430. The van der Waals surface area contributed by atoms with Gasteiger partial charge in [0.1, 0.15) is 16.6 Å². The first kappa shape index (κ1) is 10.4. The molecule has 0 N–H and O–H groups in total. The molecule has 0 amide bonds. The van der Waals surface area contributed by atoms with Crippen LogP contribution in [0.5, 0.6) is 0 Å². The largest absolute Gasteiger partial charge is 0.462 e. The number of hydrogen-bond donors (Lipinski definition) is 0. The van der Waals surface area contributed by atoms with Gasteiger partial charge in [0.15, 0.2) is 0 Å². The second kappa shape index (κ2) is 5.14. The van der Waals surface area contributed by atoms with E-state index in [1.54, 1.807) is 24.6 Å². The molecule has 0 atom stereocenters. The summed E-state index contributed by atoms with van der Waals surface area (Å²) in [4.78, 5) is 15.1. The minimum absolute atomic E-state index is 0.0261. The lowest BCUT2D eigenvalue weighted by Crippen LogP contribution is -2.05. The number of carbonyl (C=O) groups is 1. The first-order chi connectivity index (χ1) is 6.77. The lowest BCUT2D eigenvalue weighted by molar-refractivity contribution is -0.137. The van der Waals surface area contributed by atoms with E-state index in [0.29, 0.717) is 5.01 Å². The van der Waals surface area contributed by atoms with Crippen molar-refractivity contribution in [2.24, 2.45) is 0 Å². The van der Waals surface area contributed by atoms with Crippen molar-refractivity contribution in [1.82, 2.24) is 4.98 Å². The van der Waals surface area contributed by atoms with E-state index in [2.05, 4.69) is 4.98 Å². The first-order valence-corrected chi connectivity index (χ1v) is 4.84. The van der Waals surface area contributed by atoms with E-state index in [1.807, 2.05) is 0 Å². The minimum atomic E-state index is -0.606. The molecule has 0 aliphatic heterocycles. The molecular weight excluding hydrogens is 200 g/mol. The van der Waals surface area contributed by atoms with Gasteiger partial charge in [-0.1, -0.05) is 0 Å². The molecule has 0 bridgehead atoms. The Labute approximate surface area is 85.5 Å². The summed E-state index contributed by atoms with van der Waals surface area (Å²) in [5.41, 5.74) is -0.0261. The number of aromatic nitrogens is 1. The van der Waals surface area contributed by atoms with Gasteiger partial charge in [-0.05, 0) is 13.0 Å². The maximum atomic E-state index is 11.2. The lowest BCUT2D eigenvalue weighted by Gasteiger charge is -1.97. The average Bonchev–Trinajstić information content (AvgIpc) is 2.66. The fraction of sp³-hybridized carbons (Fsp3) is 0.222. The van der Waals surface area contributed by atoms with Crippen LogP contribution in [0.4, 0.5) is 0 Å². The summed E-state index contributed by atoms with van der Waals surface area (Å²) in [6, 6.07) is 1.78. The number of thiazole rings is 1. The van der Waals surface area contributed by atoms with Gasteiger partial charge in [-0.15, -0.1) is 11.3 Å². The maximum absolute atomic E-state index is 11.2. The molecule has 0 saturated carbocycles. The first-order valence-electron chi connectivity index (χ1n) is 3.96. The van der Waals surface area contributed by atoms with Crippen molar-refractivity contribution in [1.29, 1.82) is 5.26 Å². The van der Waals surface area contributed by atoms with Gasteiger partial charge < -0.3 is 4.74 Å². The number of esters is 1. The molecule has 0 radical (unpaired) electrons. The standard InChI is InChI=1S/C9H8N2O2S/c1-2-13-9(12)7(6-10)5-8-11-3-4-14-8/h3-5H,2H2,1H3. The van der Waals surface area contributed by atoms with Crippen molar-refractivity contribution in [3.05, 3.63) is 22.2 Å². The Morgan fingerprint density at radius 2 is 2.64 bits per heavy atom. The van der Waals surface area contributed by atoms with Gasteiger partial charge in [0, 0.05) is 11.6 Å². The summed E-state index contributed by atoms with van der Waals surface area (Å²) in [5.74, 6) is -0.606. The Kier molecular flexibility index (Phi) is 3.83. The van der Waals surface area contributed by atoms with E-state index >= 15 is 0 Å². The normalized spacial score (nSPS) is 10.7. The highest BCUT2D eigenvalue weighted by molar-refractivity contribution is 7.10. The summed E-state index contributed by atoms with van der Waals surface area (Å²) in [7, 11) is 0. The SMILES string of the molecule is CCOC(=O)C(C#N)=Cc1nccs1. The fourth-order valence-electron chi connectivity index (χ4n) is 0.775. The van der Waals surface area contributed by atoms with Crippen molar-refractivity contribution in [2.45, 2.75) is 6.92 Å². The Hall–Kier alpha value is -1.67. The second-order valence-corrected chi connectivity index (χ2v) is 3.19. The molecule has 0 aliphatic rings. The van der Waals surface area contributed by atoms with Crippen LogP contribution in [0.1, 0.15) is 11.9 Å². The molecule has 0 fully saturated rings. The number of nitriles is 1. The summed E-state index contributed by atoms with van der Waals surface area (Å²) in [5, 5.41) is 11.1. The van der Waals surface area contributed by atoms with E-state index in [9.17, 15) is 4.79 Å². The Bertz CT molecular complexity index is 376. The number of rotatable bonds is 3. The van der Waals surface area contributed by atoms with Crippen LogP contribution in [-0.2, 0) is 9.53 Å². The smallest absolute Gasteiger partial charge is 0.348 e. The van der Waals surface area contributed by atoms with Crippen LogP contribution in [0, 0.1) is 11.3 Å². The van der Waals surface area contributed by atoms with Crippen molar-refractivity contribution in [2.75, 3.05) is 6.61 Å². The van der Waals surface area contributed by atoms with Crippen LogP contribution >= 0.6 is 11.3 Å². The highest BCUT2D eigenvalue weighted by Crippen LogP contribution is 2.10. The zero-order valence-electron chi connectivity index (χ0n) is 7.56. The molecule has 0 unspecified atom stereocenters. The van der Waals surface area contributed by atoms with Crippen molar-refractivity contribution in [3.8, 4) is 6.07 Å². The van der Waals surface area contributed by atoms with Crippen LogP contribution in [-0.4, -0.2) is 17.6 Å². The molecule has 14 heavy (non-hydrogen) atoms. The molecule has 0 aromatic carbocycles. The van der Waals surface area contributed by atoms with Crippen molar-refractivity contribution in [3.63, 3.8) is 0 Å². The summed E-state index contributed by atoms with van der Waals surface area (Å²) in [6.07, 6.45) is 3.03. The second-order valence-electron chi connectivity index (χ2n) is 2.26. The summed E-state index contributed by atoms with van der Waals surface area (Å²) in [6.45, 7) is 1.95. The predicted octanol–water partition coefficient (Wildman–Crippen LogP) is 1.61. The third-order valence-corrected chi connectivity index (χ3v) is 2.06. The summed E-state index contributed by atoms with van der Waals surface area (Å²) >= 11 is 1.36. The molecule has 1 aromatic rings. The topological polar surface area (TPSA) is 63.0 Å². The number of ether oxygens (including phenoxy) is 1. The zero-order valence-corrected chi connectivity index (χ0v) is 8.37. The summed E-state index contributed by atoms with van der Waals surface area (Å²) < 4.78 is 4.69. The molecule has 0 aliphatic carbocycles. The molecule has 4 nitrogen and oxygen atoms in total. The maximum Gasteiger partial charge on any atom is 0.348 e. The van der Waals surface area contributed by atoms with Crippen molar-refractivity contribution >= 4 is 23.4 Å². The number of hydrogen-bond acceptors (Lipinski definition) is 5. The molecule has 1 rings (SSSR count). The van der Waals surface area contributed by atoms with Gasteiger partial charge >= 0.3 is 5.97 Å². The van der Waals surface area contributed by atoms with Crippen LogP contribution in [0.3, 0.4) is 0 Å². The molecule has 0 spiro atoms. The molecule has 1 heterocycles. The highest BCUT2D eigenvalue weighted by Gasteiger charge is 2.09. The van der Waals surface area contributed by atoms with E-state index < -0.39 is 5.97 Å². The predicted molar refractivity (Wildman–Crippen MR) is 52.3 cm³/mol. The fourth-order valence-corrected chi connectivity index (χ4v) is 1.34. The van der Waals surface area contributed by atoms with Gasteiger partial charge in [0.05, 0.1) is 6.61 Å². The van der Waals surface area contributed by atoms with Crippen LogP contribution in [0.25, 0.3) is 6.08 Å². The van der Waals surface area contributed by atoms with Gasteiger partial charge in [0.25, 0.3) is 0 Å². The van der Waals surface area contributed by atoms with Crippen LogP contribution in [0.15, 0.2) is 17.2 Å². The van der Waals surface area contributed by atoms with Gasteiger partial charge in [-0.2, -0.15) is 5.26 Å². The Balaban J connectivity index is 2.83. The Morgan fingerprint density at radius 1 is 1.86 bits per heavy atom. The van der Waals surface area contributed by atoms with E-state index in [0.717, 1.165) is 0 Å². The van der Waals surface area contributed by atoms with Gasteiger partial charge in [-0.25, -0.2) is 9.78 Å². The Morgan fingerprint density at radius 3 is 3.14 bits per heavy atom. The van der Waals surface area contributed by atoms with Gasteiger partial charge in [0.2, 0.25) is 0 Å². The number of carbonyl (C=O) groups excluding carboxylic acids is 1. The third kappa shape index (κ3) is 2.68. The average molecular weight is 208 g/mol. The van der Waals surface area contributed by atoms with Crippen molar-refractivity contribution < 1.29 is 9.53 Å². The minimum Gasteiger partial charge on any atom is -0.462 e. The van der Waals surface area contributed by atoms with E-state index in [4.69, 9.17) is 10.00 Å². The van der Waals surface area contributed by atoms with E-state index in [-0.39, 0.29) is 12.2 Å². The van der Waals surface area contributed by atoms with Crippen LogP contribution in [0.2, 0.25) is 0 Å². The molecule has 1 aromatic heterocycles. The van der Waals surface area contributed by atoms with Crippen LogP contribution < -0.4 is 0 Å². The zero-order chi connectivity index (χ0) is 10.4. The monoisotopic (exact) mass is 208 g/mol. The number of nitrogens with zero attached hydrogens (tertiary/aromatic N) is 2. The molecule has 0 saturated heterocycles. The van der Waals surface area contributed by atoms with E-state index in [1.165, 1.54) is 17.4 Å². The molecule has 72 valence electrons. The third-order valence-electron chi connectivity index (χ3n) is 1.34. The molecular formula is C9H8N2O2S. The molecule has 5 heteroatoms. The highest BCUT2D eigenvalue weighted by atomic mass is 32.1. The van der Waals surface area contributed by atoms with Gasteiger partial charge in [-0.3, -0.25) is 0 Å². The lowest BCUT2D eigenvalue weighted by atomic mass is 10.3.